The number of carboxylic acid groups (broad SMARTS) is 1. The molecule has 1 N–H and O–H groups in total. The van der Waals surface area contributed by atoms with E-state index < -0.39 is 11.4 Å². The first-order valence-corrected chi connectivity index (χ1v) is 4.60. The largest absolute Gasteiger partial charge is 0.481 e. The number of rotatable bonds is 3. The lowest BCUT2D eigenvalue weighted by Gasteiger charge is -2.21. The Morgan fingerprint density at radius 3 is 2.57 bits per heavy atom. The van der Waals surface area contributed by atoms with Crippen LogP contribution in [0, 0.1) is 5.41 Å². The van der Waals surface area contributed by atoms with Gasteiger partial charge >= 0.3 is 5.97 Å². The molecule has 0 aromatic rings. The van der Waals surface area contributed by atoms with Crippen LogP contribution in [0.25, 0.3) is 0 Å². The topological polar surface area (TPSA) is 66.8 Å². The molecular weight excluding hydrogens is 186 g/mol. The van der Waals surface area contributed by atoms with Gasteiger partial charge in [0.1, 0.15) is 0 Å². The van der Waals surface area contributed by atoms with Crippen molar-refractivity contribution >= 4 is 11.9 Å². The predicted octanol–water partition coefficient (Wildman–Crippen LogP) is 0.651. The molecule has 0 aliphatic carbocycles. The van der Waals surface area contributed by atoms with Crippen molar-refractivity contribution in [1.82, 2.24) is 5.06 Å². The number of carbonyl (C=O) groups excluding carboxylic acids is 1. The van der Waals surface area contributed by atoms with Gasteiger partial charge in [-0.05, 0) is 20.3 Å². The molecular formula is C9H15NO4. The number of carbonyl (C=O) groups is 2. The van der Waals surface area contributed by atoms with Gasteiger partial charge in [0.25, 0.3) is 0 Å². The Kier molecular flexibility index (Phi) is 3.10. The number of hydrogen-bond donors (Lipinski definition) is 1. The van der Waals surface area contributed by atoms with E-state index in [-0.39, 0.29) is 12.3 Å². The van der Waals surface area contributed by atoms with E-state index >= 15 is 0 Å². The van der Waals surface area contributed by atoms with Crippen molar-refractivity contribution in [1.29, 1.82) is 0 Å². The van der Waals surface area contributed by atoms with Crippen LogP contribution < -0.4 is 0 Å². The minimum Gasteiger partial charge on any atom is -0.481 e. The Morgan fingerprint density at radius 2 is 2.14 bits per heavy atom. The first-order chi connectivity index (χ1) is 6.43. The van der Waals surface area contributed by atoms with Gasteiger partial charge in [-0.3, -0.25) is 14.4 Å². The van der Waals surface area contributed by atoms with E-state index in [9.17, 15) is 9.59 Å². The molecule has 0 aromatic heterocycles. The summed E-state index contributed by atoms with van der Waals surface area (Å²) in [6.45, 7) is 4.17. The van der Waals surface area contributed by atoms with Crippen LogP contribution in [-0.4, -0.2) is 35.2 Å². The molecule has 0 aromatic carbocycles. The van der Waals surface area contributed by atoms with Gasteiger partial charge in [0, 0.05) is 6.42 Å². The molecule has 1 aliphatic rings. The van der Waals surface area contributed by atoms with Crippen molar-refractivity contribution < 1.29 is 19.5 Å². The van der Waals surface area contributed by atoms with Crippen LogP contribution in [0.5, 0.6) is 0 Å². The Bertz CT molecular complexity index is 243. The summed E-state index contributed by atoms with van der Waals surface area (Å²) in [6, 6.07) is 0. The summed E-state index contributed by atoms with van der Waals surface area (Å²) in [5, 5.41) is 10.1. The monoisotopic (exact) mass is 201 g/mol. The van der Waals surface area contributed by atoms with Gasteiger partial charge in [0.2, 0.25) is 5.91 Å². The SMILES string of the molecule is CC(C)(CC(=O)N1CCCO1)C(=O)O. The van der Waals surface area contributed by atoms with Gasteiger partial charge in [-0.2, -0.15) is 0 Å². The van der Waals surface area contributed by atoms with E-state index in [1.165, 1.54) is 18.9 Å². The second-order valence-corrected chi connectivity index (χ2v) is 4.05. The predicted molar refractivity (Wildman–Crippen MR) is 48.3 cm³/mol. The standard InChI is InChI=1S/C9H15NO4/c1-9(2,8(12)13)6-7(11)10-4-3-5-14-10/h3-6H2,1-2H3,(H,12,13). The van der Waals surface area contributed by atoms with Crippen LogP contribution in [-0.2, 0) is 14.4 Å². The lowest BCUT2D eigenvalue weighted by Crippen LogP contribution is -2.34. The Hall–Kier alpha value is -1.10. The molecule has 5 nitrogen and oxygen atoms in total. The van der Waals surface area contributed by atoms with Gasteiger partial charge in [-0.1, -0.05) is 0 Å². The van der Waals surface area contributed by atoms with Crippen molar-refractivity contribution in [2.45, 2.75) is 26.7 Å². The van der Waals surface area contributed by atoms with Crippen molar-refractivity contribution in [3.05, 3.63) is 0 Å². The summed E-state index contributed by atoms with van der Waals surface area (Å²) in [7, 11) is 0. The summed E-state index contributed by atoms with van der Waals surface area (Å²) < 4.78 is 0. The summed E-state index contributed by atoms with van der Waals surface area (Å²) >= 11 is 0. The molecule has 0 bridgehead atoms. The van der Waals surface area contributed by atoms with E-state index in [0.717, 1.165) is 6.42 Å². The van der Waals surface area contributed by atoms with Crippen molar-refractivity contribution in [3.8, 4) is 0 Å². The molecule has 1 fully saturated rings. The number of nitrogens with zero attached hydrogens (tertiary/aromatic N) is 1. The number of aliphatic carboxylic acids is 1. The highest BCUT2D eigenvalue weighted by Crippen LogP contribution is 2.22. The van der Waals surface area contributed by atoms with E-state index in [2.05, 4.69) is 0 Å². The molecule has 1 rings (SSSR count). The number of hydrogen-bond acceptors (Lipinski definition) is 3. The molecule has 0 spiro atoms. The second kappa shape index (κ2) is 3.96. The third kappa shape index (κ3) is 2.45. The van der Waals surface area contributed by atoms with Gasteiger partial charge in [0.05, 0.1) is 18.6 Å². The fraction of sp³-hybridized carbons (Fsp3) is 0.778. The molecule has 1 saturated heterocycles. The van der Waals surface area contributed by atoms with Gasteiger partial charge in [0.15, 0.2) is 0 Å². The fourth-order valence-electron chi connectivity index (χ4n) is 1.19. The molecule has 0 saturated carbocycles. The van der Waals surface area contributed by atoms with Crippen LogP contribution in [0.1, 0.15) is 26.7 Å². The van der Waals surface area contributed by atoms with Crippen LogP contribution >= 0.6 is 0 Å². The van der Waals surface area contributed by atoms with Gasteiger partial charge < -0.3 is 5.11 Å². The normalized spacial score (nSPS) is 17.1. The maximum absolute atomic E-state index is 11.5. The summed E-state index contributed by atoms with van der Waals surface area (Å²) in [4.78, 5) is 27.3. The zero-order chi connectivity index (χ0) is 10.8. The second-order valence-electron chi connectivity index (χ2n) is 4.05. The number of hydroxylamine groups is 2. The minimum atomic E-state index is -1.02. The first kappa shape index (κ1) is 11.0. The zero-order valence-corrected chi connectivity index (χ0v) is 8.45. The third-order valence-corrected chi connectivity index (χ3v) is 2.20. The van der Waals surface area contributed by atoms with Crippen LogP contribution in [0.3, 0.4) is 0 Å². The third-order valence-electron chi connectivity index (χ3n) is 2.20. The molecule has 14 heavy (non-hydrogen) atoms. The molecule has 0 radical (unpaired) electrons. The lowest BCUT2D eigenvalue weighted by atomic mass is 9.89. The van der Waals surface area contributed by atoms with E-state index in [0.29, 0.717) is 13.2 Å². The highest BCUT2D eigenvalue weighted by Gasteiger charge is 2.33. The minimum absolute atomic E-state index is 0.0255. The Labute approximate surface area is 82.6 Å². The maximum Gasteiger partial charge on any atom is 0.309 e. The van der Waals surface area contributed by atoms with Crippen molar-refractivity contribution in [2.24, 2.45) is 5.41 Å². The highest BCUT2D eigenvalue weighted by molar-refractivity contribution is 5.83. The van der Waals surface area contributed by atoms with Crippen LogP contribution in [0.4, 0.5) is 0 Å². The van der Waals surface area contributed by atoms with Gasteiger partial charge in [-0.15, -0.1) is 0 Å². The Balaban J connectivity index is 2.51. The van der Waals surface area contributed by atoms with E-state index in [1.807, 2.05) is 0 Å². The lowest BCUT2D eigenvalue weighted by molar-refractivity contribution is -0.173. The van der Waals surface area contributed by atoms with Crippen molar-refractivity contribution in [2.75, 3.05) is 13.2 Å². The fourth-order valence-corrected chi connectivity index (χ4v) is 1.19. The molecule has 1 heterocycles. The summed E-state index contributed by atoms with van der Waals surface area (Å²) in [5.74, 6) is -1.22. The first-order valence-electron chi connectivity index (χ1n) is 4.60. The van der Waals surface area contributed by atoms with Crippen LogP contribution in [0.2, 0.25) is 0 Å². The maximum atomic E-state index is 11.5. The molecule has 5 heteroatoms. The zero-order valence-electron chi connectivity index (χ0n) is 8.45. The average Bonchev–Trinajstić information content (AvgIpc) is 2.54. The number of amides is 1. The molecule has 80 valence electrons. The number of carboxylic acids is 1. The quantitative estimate of drug-likeness (QED) is 0.728. The summed E-state index contributed by atoms with van der Waals surface area (Å²) in [5.41, 5.74) is -1.02. The average molecular weight is 201 g/mol. The van der Waals surface area contributed by atoms with E-state index in [4.69, 9.17) is 9.94 Å². The van der Waals surface area contributed by atoms with Gasteiger partial charge in [-0.25, -0.2) is 5.06 Å². The molecule has 1 amide bonds. The molecule has 0 atom stereocenters. The molecule has 1 aliphatic heterocycles. The van der Waals surface area contributed by atoms with E-state index in [1.54, 1.807) is 0 Å². The smallest absolute Gasteiger partial charge is 0.309 e. The highest BCUT2D eigenvalue weighted by atomic mass is 16.7. The van der Waals surface area contributed by atoms with Crippen molar-refractivity contribution in [3.63, 3.8) is 0 Å². The molecule has 0 unspecified atom stereocenters. The summed E-state index contributed by atoms with van der Waals surface area (Å²) in [6.07, 6.45) is 0.793. The Morgan fingerprint density at radius 1 is 1.50 bits per heavy atom. The van der Waals surface area contributed by atoms with Crippen LogP contribution in [0.15, 0.2) is 0 Å².